The number of carbonyl (C=O) groups is 2. The first-order valence-electron chi connectivity index (χ1n) is 8.91. The fourth-order valence-corrected chi connectivity index (χ4v) is 2.82. The molecule has 2 aromatic rings. The number of rotatable bonds is 8. The largest absolute Gasteiger partial charge is 0.492 e. The van der Waals surface area contributed by atoms with E-state index in [1.165, 1.54) is 11.1 Å². The van der Waals surface area contributed by atoms with E-state index in [-0.39, 0.29) is 0 Å². The van der Waals surface area contributed by atoms with E-state index >= 15 is 0 Å². The van der Waals surface area contributed by atoms with Gasteiger partial charge in [0.15, 0.2) is 0 Å². The Bertz CT molecular complexity index is 730. The zero-order valence-corrected chi connectivity index (χ0v) is 16.8. The molecule has 0 aromatic heterocycles. The Labute approximate surface area is 170 Å². The van der Waals surface area contributed by atoms with Crippen LogP contribution in [0.15, 0.2) is 42.5 Å². The molecule has 3 N–H and O–H groups in total. The van der Waals surface area contributed by atoms with Crippen LogP contribution in [-0.4, -0.2) is 35.3 Å². The quantitative estimate of drug-likeness (QED) is 0.451. The summed E-state index contributed by atoms with van der Waals surface area (Å²) in [5.41, 5.74) is 3.59. The van der Waals surface area contributed by atoms with Crippen molar-refractivity contribution in [1.82, 2.24) is 5.32 Å². The highest BCUT2D eigenvalue weighted by Gasteiger charge is 2.06. The molecule has 0 atom stereocenters. The summed E-state index contributed by atoms with van der Waals surface area (Å²) >= 11 is 6.23. The topological polar surface area (TPSA) is 95.9 Å². The summed E-state index contributed by atoms with van der Waals surface area (Å²) in [6, 6.07) is 14.5. The first kappa shape index (κ1) is 23.5. The van der Waals surface area contributed by atoms with Crippen LogP contribution in [0.5, 0.6) is 5.75 Å². The molecule has 0 unspecified atom stereocenters. The maximum absolute atomic E-state index is 9.10. The average Bonchev–Trinajstić information content (AvgIpc) is 2.64. The predicted molar refractivity (Wildman–Crippen MR) is 109 cm³/mol. The first-order chi connectivity index (χ1) is 13.3. The monoisotopic (exact) mass is 407 g/mol. The number of hydrogen-bond acceptors (Lipinski definition) is 4. The molecule has 152 valence electrons. The van der Waals surface area contributed by atoms with Gasteiger partial charge in [0, 0.05) is 6.54 Å². The summed E-state index contributed by atoms with van der Waals surface area (Å²) in [6.07, 6.45) is 2.11. The molecule has 0 heterocycles. The van der Waals surface area contributed by atoms with Crippen LogP contribution in [-0.2, 0) is 16.1 Å². The Hall–Kier alpha value is -2.57. The lowest BCUT2D eigenvalue weighted by molar-refractivity contribution is -0.159. The van der Waals surface area contributed by atoms with Gasteiger partial charge in [0.2, 0.25) is 0 Å². The molecule has 28 heavy (non-hydrogen) atoms. The van der Waals surface area contributed by atoms with Crippen molar-refractivity contribution in [2.45, 2.75) is 33.2 Å². The molecule has 2 aromatic carbocycles. The molecule has 0 aliphatic carbocycles. The molecule has 0 spiro atoms. The molecule has 0 bridgehead atoms. The molecule has 0 amide bonds. The second-order valence-electron chi connectivity index (χ2n) is 6.22. The maximum atomic E-state index is 9.10. The van der Waals surface area contributed by atoms with Crippen molar-refractivity contribution in [1.29, 1.82) is 0 Å². The van der Waals surface area contributed by atoms with Crippen LogP contribution in [0.1, 0.15) is 29.5 Å². The van der Waals surface area contributed by atoms with Crippen molar-refractivity contribution < 1.29 is 24.5 Å². The van der Waals surface area contributed by atoms with Crippen molar-refractivity contribution in [3.63, 3.8) is 0 Å². The van der Waals surface area contributed by atoms with Crippen molar-refractivity contribution in [3.05, 3.63) is 64.2 Å². The Morgan fingerprint density at radius 3 is 2.25 bits per heavy atom. The second-order valence-corrected chi connectivity index (χ2v) is 6.63. The van der Waals surface area contributed by atoms with Crippen LogP contribution >= 0.6 is 11.6 Å². The number of benzene rings is 2. The lowest BCUT2D eigenvalue weighted by Gasteiger charge is -2.12. The summed E-state index contributed by atoms with van der Waals surface area (Å²) in [5.74, 6) is -2.82. The molecule has 0 saturated heterocycles. The van der Waals surface area contributed by atoms with Crippen LogP contribution in [0.3, 0.4) is 0 Å². The third-order valence-corrected chi connectivity index (χ3v) is 4.00. The van der Waals surface area contributed by atoms with E-state index in [2.05, 4.69) is 35.6 Å². The Morgan fingerprint density at radius 1 is 1.04 bits per heavy atom. The summed E-state index contributed by atoms with van der Waals surface area (Å²) in [5, 5.41) is 18.9. The van der Waals surface area contributed by atoms with Gasteiger partial charge in [-0.2, -0.15) is 0 Å². The minimum atomic E-state index is -1.82. The second kappa shape index (κ2) is 12.8. The average molecular weight is 408 g/mol. The number of carboxylic acids is 2. The van der Waals surface area contributed by atoms with Gasteiger partial charge >= 0.3 is 11.9 Å². The predicted octanol–water partition coefficient (Wildman–Crippen LogP) is 4.06. The van der Waals surface area contributed by atoms with Gasteiger partial charge < -0.3 is 20.3 Å². The van der Waals surface area contributed by atoms with Gasteiger partial charge in [-0.3, -0.25) is 0 Å². The molecule has 0 radical (unpaired) electrons. The summed E-state index contributed by atoms with van der Waals surface area (Å²) in [6.45, 7) is 6.71. The van der Waals surface area contributed by atoms with Gasteiger partial charge in [-0.25, -0.2) is 9.59 Å². The highest BCUT2D eigenvalue weighted by atomic mass is 35.5. The fraction of sp³-hybridized carbons (Fsp3) is 0.333. The molecule has 0 aliphatic heterocycles. The van der Waals surface area contributed by atoms with Gasteiger partial charge in [-0.05, 0) is 56.0 Å². The van der Waals surface area contributed by atoms with Gasteiger partial charge in [0.1, 0.15) is 5.75 Å². The van der Waals surface area contributed by atoms with Crippen molar-refractivity contribution in [3.8, 4) is 5.75 Å². The number of hydrogen-bond donors (Lipinski definition) is 3. The normalized spacial score (nSPS) is 9.96. The van der Waals surface area contributed by atoms with E-state index in [9.17, 15) is 0 Å². The van der Waals surface area contributed by atoms with Gasteiger partial charge in [-0.15, -0.1) is 0 Å². The Kier molecular flexibility index (Phi) is 10.7. The van der Waals surface area contributed by atoms with E-state index in [1.807, 2.05) is 26.0 Å². The molecule has 0 saturated carbocycles. The van der Waals surface area contributed by atoms with Gasteiger partial charge in [0.05, 0.1) is 11.6 Å². The summed E-state index contributed by atoms with van der Waals surface area (Å²) in [7, 11) is 0. The number of aliphatic carboxylic acids is 2. The molecule has 2 rings (SSSR count). The molecule has 6 nitrogen and oxygen atoms in total. The maximum Gasteiger partial charge on any atom is 0.414 e. The number of carboxylic acid groups (broad SMARTS) is 2. The van der Waals surface area contributed by atoms with E-state index < -0.39 is 11.9 Å². The highest BCUT2D eigenvalue weighted by Crippen LogP contribution is 2.29. The molecular formula is C21H26ClNO5. The summed E-state index contributed by atoms with van der Waals surface area (Å²) in [4.78, 5) is 18.2. The van der Waals surface area contributed by atoms with Crippen LogP contribution in [0, 0.1) is 13.8 Å². The fourth-order valence-electron chi connectivity index (χ4n) is 2.44. The minimum absolute atomic E-state index is 0.705. The van der Waals surface area contributed by atoms with Gasteiger partial charge in [-0.1, -0.05) is 48.0 Å². The van der Waals surface area contributed by atoms with Crippen LogP contribution in [0.4, 0.5) is 0 Å². The first-order valence-corrected chi connectivity index (χ1v) is 9.29. The molecule has 0 aliphatic rings. The van der Waals surface area contributed by atoms with Crippen LogP contribution in [0.25, 0.3) is 0 Å². The lowest BCUT2D eigenvalue weighted by Crippen LogP contribution is -2.15. The van der Waals surface area contributed by atoms with E-state index in [1.54, 1.807) is 0 Å². The number of aryl methyl sites for hydroxylation is 2. The zero-order chi connectivity index (χ0) is 20.9. The third-order valence-electron chi connectivity index (χ3n) is 3.72. The van der Waals surface area contributed by atoms with Gasteiger partial charge in [0.25, 0.3) is 0 Å². The number of halogens is 1. The van der Waals surface area contributed by atoms with E-state index in [0.717, 1.165) is 37.2 Å². The molecular weight excluding hydrogens is 382 g/mol. The van der Waals surface area contributed by atoms with E-state index in [4.69, 9.17) is 36.1 Å². The van der Waals surface area contributed by atoms with Crippen molar-refractivity contribution in [2.75, 3.05) is 13.2 Å². The zero-order valence-electron chi connectivity index (χ0n) is 16.1. The van der Waals surface area contributed by atoms with E-state index in [0.29, 0.717) is 11.6 Å². The number of ether oxygens (including phenoxy) is 1. The summed E-state index contributed by atoms with van der Waals surface area (Å²) < 4.78 is 5.83. The Morgan fingerprint density at radius 2 is 1.68 bits per heavy atom. The Balaban J connectivity index is 0.000000568. The van der Waals surface area contributed by atoms with Crippen LogP contribution < -0.4 is 10.1 Å². The molecule has 7 heteroatoms. The smallest absolute Gasteiger partial charge is 0.414 e. The minimum Gasteiger partial charge on any atom is -0.492 e. The third kappa shape index (κ3) is 9.39. The number of nitrogens with one attached hydrogen (secondary N) is 1. The molecule has 0 fully saturated rings. The highest BCUT2D eigenvalue weighted by molar-refractivity contribution is 6.32. The SMILES string of the molecule is Cc1cc(C)c(OCCCCNCc2ccccc2)c(Cl)c1.O=C(O)C(=O)O. The standard InChI is InChI=1S/C19H24ClNO.C2H2O4/c1-15-12-16(2)19(18(20)13-15)22-11-7-6-10-21-14-17-8-4-3-5-9-17;3-1(4)2(5)6/h3-5,8-9,12-13,21H,6-7,10-11,14H2,1-2H3;(H,3,4)(H,5,6). The number of unbranched alkanes of at least 4 members (excludes halogenated alkanes) is 1. The van der Waals surface area contributed by atoms with Crippen molar-refractivity contribution >= 4 is 23.5 Å². The lowest BCUT2D eigenvalue weighted by atomic mass is 10.1. The van der Waals surface area contributed by atoms with Crippen LogP contribution in [0.2, 0.25) is 5.02 Å². The van der Waals surface area contributed by atoms with Crippen molar-refractivity contribution in [2.24, 2.45) is 0 Å².